The van der Waals surface area contributed by atoms with E-state index in [0.29, 0.717) is 12.8 Å². The van der Waals surface area contributed by atoms with E-state index in [9.17, 15) is 4.79 Å². The summed E-state index contributed by atoms with van der Waals surface area (Å²) >= 11 is 0. The molecule has 1 aromatic carbocycles. The third kappa shape index (κ3) is 4.27. The van der Waals surface area contributed by atoms with E-state index in [-0.39, 0.29) is 5.91 Å². The van der Waals surface area contributed by atoms with E-state index in [2.05, 4.69) is 20.7 Å². The second kappa shape index (κ2) is 6.83. The SMILES string of the molecule is Cc1ccc(C=NNC(=O)CCc2c(C)n[nH]c2C)cc1. The van der Waals surface area contributed by atoms with Gasteiger partial charge in [0, 0.05) is 12.1 Å². The number of H-pyrrole nitrogens is 1. The van der Waals surface area contributed by atoms with Gasteiger partial charge in [0.1, 0.15) is 0 Å². The third-order valence-corrected chi connectivity index (χ3v) is 3.36. The van der Waals surface area contributed by atoms with E-state index in [4.69, 9.17) is 0 Å². The number of hydrogen-bond donors (Lipinski definition) is 2. The number of carbonyl (C=O) groups excluding carboxylic acids is 1. The number of aryl methyl sites for hydroxylation is 3. The highest BCUT2D eigenvalue weighted by molar-refractivity contribution is 5.82. The number of hydrogen-bond acceptors (Lipinski definition) is 3. The average molecular weight is 284 g/mol. The van der Waals surface area contributed by atoms with Gasteiger partial charge in [0.2, 0.25) is 5.91 Å². The monoisotopic (exact) mass is 284 g/mol. The zero-order chi connectivity index (χ0) is 15.2. The number of aromatic amines is 1. The molecule has 2 rings (SSSR count). The van der Waals surface area contributed by atoms with Gasteiger partial charge in [0.05, 0.1) is 11.9 Å². The Kier molecular flexibility index (Phi) is 4.87. The van der Waals surface area contributed by atoms with E-state index in [1.807, 2.05) is 45.0 Å². The van der Waals surface area contributed by atoms with Crippen molar-refractivity contribution in [2.45, 2.75) is 33.6 Å². The van der Waals surface area contributed by atoms with Crippen LogP contribution in [0.25, 0.3) is 0 Å². The molecule has 0 bridgehead atoms. The summed E-state index contributed by atoms with van der Waals surface area (Å²) in [7, 11) is 0. The normalized spacial score (nSPS) is 11.0. The summed E-state index contributed by atoms with van der Waals surface area (Å²) in [6.07, 6.45) is 2.71. The maximum atomic E-state index is 11.7. The fraction of sp³-hybridized carbons (Fsp3) is 0.312. The Labute approximate surface area is 124 Å². The molecule has 0 fully saturated rings. The van der Waals surface area contributed by atoms with Crippen molar-refractivity contribution in [2.75, 3.05) is 0 Å². The highest BCUT2D eigenvalue weighted by Gasteiger charge is 2.08. The Morgan fingerprint density at radius 2 is 2.00 bits per heavy atom. The van der Waals surface area contributed by atoms with Crippen LogP contribution in [0, 0.1) is 20.8 Å². The summed E-state index contributed by atoms with van der Waals surface area (Å²) in [5.74, 6) is -0.0987. The van der Waals surface area contributed by atoms with Gasteiger partial charge in [-0.3, -0.25) is 9.89 Å². The van der Waals surface area contributed by atoms with Crippen molar-refractivity contribution in [1.29, 1.82) is 0 Å². The van der Waals surface area contributed by atoms with Crippen LogP contribution in [0.1, 0.15) is 34.5 Å². The number of aromatic nitrogens is 2. The van der Waals surface area contributed by atoms with Crippen molar-refractivity contribution >= 4 is 12.1 Å². The highest BCUT2D eigenvalue weighted by atomic mass is 16.2. The summed E-state index contributed by atoms with van der Waals surface area (Å²) < 4.78 is 0. The van der Waals surface area contributed by atoms with Gasteiger partial charge < -0.3 is 0 Å². The summed E-state index contributed by atoms with van der Waals surface area (Å²) in [5, 5.41) is 11.0. The molecule has 0 atom stereocenters. The third-order valence-electron chi connectivity index (χ3n) is 3.36. The van der Waals surface area contributed by atoms with Crippen LogP contribution in [0.5, 0.6) is 0 Å². The van der Waals surface area contributed by atoms with Crippen LogP contribution in [0.4, 0.5) is 0 Å². The summed E-state index contributed by atoms with van der Waals surface area (Å²) in [4.78, 5) is 11.7. The molecule has 0 aliphatic heterocycles. The van der Waals surface area contributed by atoms with E-state index in [1.165, 1.54) is 5.56 Å². The van der Waals surface area contributed by atoms with Gasteiger partial charge in [-0.1, -0.05) is 29.8 Å². The quantitative estimate of drug-likeness (QED) is 0.654. The molecular weight excluding hydrogens is 264 g/mol. The van der Waals surface area contributed by atoms with Crippen LogP contribution in [0.15, 0.2) is 29.4 Å². The number of amides is 1. The largest absolute Gasteiger partial charge is 0.282 e. The number of nitrogens with zero attached hydrogens (tertiary/aromatic N) is 2. The Balaban J connectivity index is 1.81. The number of rotatable bonds is 5. The second-order valence-corrected chi connectivity index (χ2v) is 5.12. The first-order valence-electron chi connectivity index (χ1n) is 6.95. The molecule has 0 aliphatic carbocycles. The number of benzene rings is 1. The van der Waals surface area contributed by atoms with E-state index < -0.39 is 0 Å². The molecule has 0 aliphatic rings. The first-order chi connectivity index (χ1) is 10.1. The molecular formula is C16H20N4O. The van der Waals surface area contributed by atoms with Gasteiger partial charge in [0.25, 0.3) is 0 Å². The maximum Gasteiger partial charge on any atom is 0.240 e. The first-order valence-corrected chi connectivity index (χ1v) is 6.95. The Hall–Kier alpha value is -2.43. The van der Waals surface area contributed by atoms with Crippen molar-refractivity contribution in [3.8, 4) is 0 Å². The standard InChI is InChI=1S/C16H20N4O/c1-11-4-6-14(7-5-11)10-17-20-16(21)9-8-15-12(2)18-19-13(15)3/h4-7,10H,8-9H2,1-3H3,(H,18,19)(H,20,21). The molecule has 110 valence electrons. The van der Waals surface area contributed by atoms with E-state index in [1.54, 1.807) is 6.21 Å². The Morgan fingerprint density at radius 1 is 1.29 bits per heavy atom. The van der Waals surface area contributed by atoms with Crippen molar-refractivity contribution in [3.05, 3.63) is 52.3 Å². The van der Waals surface area contributed by atoms with E-state index in [0.717, 1.165) is 22.5 Å². The summed E-state index contributed by atoms with van der Waals surface area (Å²) in [5.41, 5.74) is 7.77. The molecule has 0 spiro atoms. The van der Waals surface area contributed by atoms with Crippen LogP contribution in [0.3, 0.4) is 0 Å². The van der Waals surface area contributed by atoms with Crippen molar-refractivity contribution in [3.63, 3.8) is 0 Å². The fourth-order valence-electron chi connectivity index (χ4n) is 2.07. The zero-order valence-corrected chi connectivity index (χ0v) is 12.6. The lowest BCUT2D eigenvalue weighted by atomic mass is 10.1. The zero-order valence-electron chi connectivity index (χ0n) is 12.6. The van der Waals surface area contributed by atoms with Gasteiger partial charge in [-0.15, -0.1) is 0 Å². The first kappa shape index (κ1) is 15.0. The molecule has 21 heavy (non-hydrogen) atoms. The molecule has 2 aromatic rings. The van der Waals surface area contributed by atoms with Crippen molar-refractivity contribution in [1.82, 2.24) is 15.6 Å². The van der Waals surface area contributed by atoms with Crippen LogP contribution < -0.4 is 5.43 Å². The predicted molar refractivity (Wildman–Crippen MR) is 83.3 cm³/mol. The van der Waals surface area contributed by atoms with Crippen LogP contribution in [-0.2, 0) is 11.2 Å². The Bertz CT molecular complexity index is 621. The minimum Gasteiger partial charge on any atom is -0.282 e. The van der Waals surface area contributed by atoms with Gasteiger partial charge >= 0.3 is 0 Å². The molecule has 5 heteroatoms. The predicted octanol–water partition coefficient (Wildman–Crippen LogP) is 2.42. The van der Waals surface area contributed by atoms with Crippen molar-refractivity contribution < 1.29 is 4.79 Å². The minimum absolute atomic E-state index is 0.0987. The lowest BCUT2D eigenvalue weighted by Gasteiger charge is -2.01. The minimum atomic E-state index is -0.0987. The lowest BCUT2D eigenvalue weighted by molar-refractivity contribution is -0.121. The van der Waals surface area contributed by atoms with Crippen molar-refractivity contribution in [2.24, 2.45) is 5.10 Å². The van der Waals surface area contributed by atoms with Crippen LogP contribution in [-0.4, -0.2) is 22.3 Å². The molecule has 0 radical (unpaired) electrons. The maximum absolute atomic E-state index is 11.7. The molecule has 1 amide bonds. The summed E-state index contributed by atoms with van der Waals surface area (Å²) in [6, 6.07) is 7.94. The Morgan fingerprint density at radius 3 is 2.62 bits per heavy atom. The summed E-state index contributed by atoms with van der Waals surface area (Å²) in [6.45, 7) is 5.93. The topological polar surface area (TPSA) is 70.1 Å². The number of nitrogens with one attached hydrogen (secondary N) is 2. The molecule has 1 aromatic heterocycles. The molecule has 0 saturated heterocycles. The molecule has 1 heterocycles. The van der Waals surface area contributed by atoms with Gasteiger partial charge in [-0.05, 0) is 38.3 Å². The molecule has 0 unspecified atom stereocenters. The molecule has 2 N–H and O–H groups in total. The molecule has 5 nitrogen and oxygen atoms in total. The van der Waals surface area contributed by atoms with Crippen LogP contribution in [0.2, 0.25) is 0 Å². The highest BCUT2D eigenvalue weighted by Crippen LogP contribution is 2.11. The van der Waals surface area contributed by atoms with Crippen LogP contribution >= 0.6 is 0 Å². The van der Waals surface area contributed by atoms with E-state index >= 15 is 0 Å². The smallest absolute Gasteiger partial charge is 0.240 e. The second-order valence-electron chi connectivity index (χ2n) is 5.12. The van der Waals surface area contributed by atoms with Gasteiger partial charge in [-0.2, -0.15) is 10.2 Å². The lowest BCUT2D eigenvalue weighted by Crippen LogP contribution is -2.18. The van der Waals surface area contributed by atoms with Gasteiger partial charge in [-0.25, -0.2) is 5.43 Å². The molecule has 0 saturated carbocycles. The van der Waals surface area contributed by atoms with Gasteiger partial charge in [0.15, 0.2) is 0 Å². The fourth-order valence-corrected chi connectivity index (χ4v) is 2.07. The number of hydrazone groups is 1. The average Bonchev–Trinajstić information content (AvgIpc) is 2.78. The number of carbonyl (C=O) groups is 1.